The smallest absolute Gasteiger partial charge is 0.251 e. The Morgan fingerprint density at radius 3 is 2.53 bits per heavy atom. The molecule has 0 fully saturated rings. The third kappa shape index (κ3) is 5.17. The number of pyridine rings is 1. The molecule has 186 valence electrons. The van der Waals surface area contributed by atoms with Crippen LogP contribution in [-0.2, 0) is 16.8 Å². The molecule has 0 spiro atoms. The highest BCUT2D eigenvalue weighted by atomic mass is 19.1. The summed E-state index contributed by atoms with van der Waals surface area (Å²) in [6, 6.07) is 6.56. The van der Waals surface area contributed by atoms with E-state index in [4.69, 9.17) is 10.5 Å². The van der Waals surface area contributed by atoms with Gasteiger partial charge in [0.2, 0.25) is 5.91 Å². The normalized spacial score (nSPS) is 11.5. The van der Waals surface area contributed by atoms with E-state index < -0.39 is 23.4 Å². The molecule has 0 aliphatic carbocycles. The summed E-state index contributed by atoms with van der Waals surface area (Å²) < 4.78 is 36.7. The van der Waals surface area contributed by atoms with Crippen LogP contribution in [0, 0.1) is 18.6 Å². The van der Waals surface area contributed by atoms with Crippen LogP contribution >= 0.6 is 0 Å². The summed E-state index contributed by atoms with van der Waals surface area (Å²) in [5, 5.41) is 7.30. The molecule has 3 N–H and O–H groups in total. The Balaban J connectivity index is 1.55. The summed E-state index contributed by atoms with van der Waals surface area (Å²) in [4.78, 5) is 28.2. The number of primary amides is 1. The Hall–Kier alpha value is -4.34. The Kier molecular flexibility index (Phi) is 6.45. The number of halogens is 2. The maximum absolute atomic E-state index is 14.9. The standard InChI is InChI=1S/C26H25F2N5O3/c1-14-7-15(8-24(34)32-16-12-31-33(13-16)26(2,3)4)19(27)11-23(14)36-22-5-6-30-21-10-20(28)17(25(29)35)9-18(21)22/h5-7,9-13H,8H2,1-4H3,(H2,29,35)(H,32,34). The number of benzene rings is 2. The lowest BCUT2D eigenvalue weighted by Crippen LogP contribution is -2.22. The van der Waals surface area contributed by atoms with E-state index in [9.17, 15) is 18.4 Å². The average molecular weight is 494 g/mol. The van der Waals surface area contributed by atoms with Gasteiger partial charge in [0.25, 0.3) is 5.91 Å². The van der Waals surface area contributed by atoms with Crippen LogP contribution in [-0.4, -0.2) is 26.6 Å². The van der Waals surface area contributed by atoms with Crippen LogP contribution in [0.25, 0.3) is 10.9 Å². The van der Waals surface area contributed by atoms with Gasteiger partial charge in [0.1, 0.15) is 23.1 Å². The summed E-state index contributed by atoms with van der Waals surface area (Å²) in [6.07, 6.45) is 4.47. The first-order valence-corrected chi connectivity index (χ1v) is 11.1. The molecule has 0 saturated heterocycles. The first kappa shape index (κ1) is 24.8. The lowest BCUT2D eigenvalue weighted by atomic mass is 10.1. The van der Waals surface area contributed by atoms with Crippen LogP contribution in [0.15, 0.2) is 48.9 Å². The Morgan fingerprint density at radius 2 is 1.86 bits per heavy atom. The topological polar surface area (TPSA) is 112 Å². The number of anilines is 1. The zero-order chi connectivity index (χ0) is 26.2. The van der Waals surface area contributed by atoms with Gasteiger partial charge in [-0.1, -0.05) is 0 Å². The number of nitrogens with two attached hydrogens (primary N) is 1. The molecule has 0 bridgehead atoms. The molecule has 2 heterocycles. The van der Waals surface area contributed by atoms with Crippen LogP contribution in [0.4, 0.5) is 14.5 Å². The van der Waals surface area contributed by atoms with E-state index in [-0.39, 0.29) is 40.1 Å². The monoisotopic (exact) mass is 493 g/mol. The molecule has 2 aromatic heterocycles. The van der Waals surface area contributed by atoms with Gasteiger partial charge in [-0.2, -0.15) is 5.10 Å². The number of aromatic nitrogens is 3. The predicted molar refractivity (Wildman–Crippen MR) is 131 cm³/mol. The molecule has 4 rings (SSSR count). The quantitative estimate of drug-likeness (QED) is 0.399. The first-order valence-electron chi connectivity index (χ1n) is 11.1. The van der Waals surface area contributed by atoms with E-state index >= 15 is 0 Å². The van der Waals surface area contributed by atoms with Crippen molar-refractivity contribution in [1.29, 1.82) is 0 Å². The molecule has 0 saturated carbocycles. The van der Waals surface area contributed by atoms with Gasteiger partial charge in [-0.3, -0.25) is 19.3 Å². The van der Waals surface area contributed by atoms with E-state index in [1.807, 2.05) is 20.8 Å². The third-order valence-electron chi connectivity index (χ3n) is 5.52. The van der Waals surface area contributed by atoms with Gasteiger partial charge < -0.3 is 15.8 Å². The largest absolute Gasteiger partial charge is 0.456 e. The van der Waals surface area contributed by atoms with Crippen molar-refractivity contribution in [2.24, 2.45) is 5.73 Å². The zero-order valence-electron chi connectivity index (χ0n) is 20.2. The van der Waals surface area contributed by atoms with Crippen molar-refractivity contribution in [3.8, 4) is 11.5 Å². The summed E-state index contributed by atoms with van der Waals surface area (Å²) in [5.41, 5.74) is 6.23. The van der Waals surface area contributed by atoms with Gasteiger partial charge in [-0.05, 0) is 57.0 Å². The third-order valence-corrected chi connectivity index (χ3v) is 5.52. The first-order chi connectivity index (χ1) is 16.9. The van der Waals surface area contributed by atoms with E-state index in [2.05, 4.69) is 15.4 Å². The molecule has 4 aromatic rings. The molecule has 0 atom stereocenters. The minimum Gasteiger partial charge on any atom is -0.456 e. The summed E-state index contributed by atoms with van der Waals surface area (Å²) in [6.45, 7) is 7.66. The van der Waals surface area contributed by atoms with Gasteiger partial charge in [-0.15, -0.1) is 0 Å². The lowest BCUT2D eigenvalue weighted by Gasteiger charge is -2.18. The minimum atomic E-state index is -0.931. The molecule has 0 aliphatic heterocycles. The number of hydrogen-bond donors (Lipinski definition) is 2. The van der Waals surface area contributed by atoms with Gasteiger partial charge in [0.15, 0.2) is 0 Å². The van der Waals surface area contributed by atoms with Crippen LogP contribution in [0.2, 0.25) is 0 Å². The SMILES string of the molecule is Cc1cc(CC(=O)Nc2cnn(C(C)(C)C)c2)c(F)cc1Oc1ccnc2cc(F)c(C(N)=O)cc12. The molecule has 8 nitrogen and oxygen atoms in total. The molecular weight excluding hydrogens is 468 g/mol. The van der Waals surface area contributed by atoms with Gasteiger partial charge in [0, 0.05) is 29.9 Å². The molecule has 10 heteroatoms. The molecule has 0 unspecified atom stereocenters. The number of hydrogen-bond acceptors (Lipinski definition) is 5. The highest BCUT2D eigenvalue weighted by Crippen LogP contribution is 2.33. The second kappa shape index (κ2) is 9.37. The number of nitrogens with one attached hydrogen (secondary N) is 1. The second-order valence-corrected chi connectivity index (χ2v) is 9.40. The van der Waals surface area contributed by atoms with Crippen molar-refractivity contribution in [2.45, 2.75) is 39.7 Å². The molecule has 0 aliphatic rings. The van der Waals surface area contributed by atoms with Gasteiger partial charge in [0.05, 0.1) is 34.9 Å². The Morgan fingerprint density at radius 1 is 1.11 bits per heavy atom. The van der Waals surface area contributed by atoms with Gasteiger partial charge >= 0.3 is 0 Å². The van der Waals surface area contributed by atoms with Crippen molar-refractivity contribution in [1.82, 2.24) is 14.8 Å². The summed E-state index contributed by atoms with van der Waals surface area (Å²) >= 11 is 0. The molecule has 2 amide bonds. The molecule has 2 aromatic carbocycles. The summed E-state index contributed by atoms with van der Waals surface area (Å²) in [5.74, 6) is -2.31. The number of carbonyl (C=O) groups is 2. The molecule has 36 heavy (non-hydrogen) atoms. The van der Waals surface area contributed by atoms with Gasteiger partial charge in [-0.25, -0.2) is 8.78 Å². The van der Waals surface area contributed by atoms with E-state index in [1.165, 1.54) is 36.7 Å². The number of nitrogens with zero attached hydrogens (tertiary/aromatic N) is 3. The van der Waals surface area contributed by atoms with Crippen LogP contribution in [0.3, 0.4) is 0 Å². The average Bonchev–Trinajstić information content (AvgIpc) is 3.25. The molecule has 0 radical (unpaired) electrons. The summed E-state index contributed by atoms with van der Waals surface area (Å²) in [7, 11) is 0. The van der Waals surface area contributed by atoms with Crippen LogP contribution in [0.5, 0.6) is 11.5 Å². The Labute approximate surface area is 206 Å². The zero-order valence-corrected chi connectivity index (χ0v) is 20.2. The van der Waals surface area contributed by atoms with E-state index in [0.29, 0.717) is 16.6 Å². The van der Waals surface area contributed by atoms with Crippen molar-refractivity contribution in [2.75, 3.05) is 5.32 Å². The number of fused-ring (bicyclic) bond motifs is 1. The molecular formula is C26H25F2N5O3. The number of carbonyl (C=O) groups excluding carboxylic acids is 2. The highest BCUT2D eigenvalue weighted by Gasteiger charge is 2.18. The van der Waals surface area contributed by atoms with Crippen molar-refractivity contribution in [3.05, 3.63) is 77.2 Å². The number of aryl methyl sites for hydroxylation is 1. The van der Waals surface area contributed by atoms with Crippen molar-refractivity contribution >= 4 is 28.4 Å². The van der Waals surface area contributed by atoms with Crippen LogP contribution < -0.4 is 15.8 Å². The lowest BCUT2D eigenvalue weighted by molar-refractivity contribution is -0.115. The van der Waals surface area contributed by atoms with Crippen LogP contribution in [0.1, 0.15) is 42.3 Å². The number of amides is 2. The predicted octanol–water partition coefficient (Wildman–Crippen LogP) is 4.85. The number of rotatable bonds is 6. The maximum Gasteiger partial charge on any atom is 0.251 e. The number of ether oxygens (including phenoxy) is 1. The van der Waals surface area contributed by atoms with E-state index in [0.717, 1.165) is 6.07 Å². The van der Waals surface area contributed by atoms with Crippen molar-refractivity contribution in [3.63, 3.8) is 0 Å². The Bertz CT molecular complexity index is 1490. The van der Waals surface area contributed by atoms with Crippen molar-refractivity contribution < 1.29 is 23.1 Å². The fourth-order valence-electron chi connectivity index (χ4n) is 3.64. The fourth-order valence-corrected chi connectivity index (χ4v) is 3.64. The minimum absolute atomic E-state index is 0.187. The van der Waals surface area contributed by atoms with E-state index in [1.54, 1.807) is 17.8 Å². The second-order valence-electron chi connectivity index (χ2n) is 9.40. The highest BCUT2D eigenvalue weighted by molar-refractivity contribution is 5.98. The fraction of sp³-hybridized carbons (Fsp3) is 0.231. The maximum atomic E-state index is 14.9.